The monoisotopic (exact) mass is 643 g/mol. The SMILES string of the molecule is CC(C)CN1CC(=O)N(C)C2CCc3c(c(nn3C)C(=O)NCCN(C(=O)c3ccc(N(C)S(C)(=O)=O)cc3)CCCC1=O)C2. The van der Waals surface area contributed by atoms with Gasteiger partial charge in [-0.3, -0.25) is 28.2 Å². The van der Waals surface area contributed by atoms with Gasteiger partial charge < -0.3 is 20.0 Å². The minimum Gasteiger partial charge on any atom is -0.349 e. The van der Waals surface area contributed by atoms with Gasteiger partial charge in [-0.15, -0.1) is 0 Å². The average Bonchev–Trinajstić information content (AvgIpc) is 3.33. The van der Waals surface area contributed by atoms with Gasteiger partial charge in [0.05, 0.1) is 18.5 Å². The van der Waals surface area contributed by atoms with E-state index in [1.807, 2.05) is 20.9 Å². The molecule has 0 saturated carbocycles. The number of hydrogen-bond donors (Lipinski definition) is 1. The van der Waals surface area contributed by atoms with Crippen molar-refractivity contribution in [3.8, 4) is 0 Å². The first kappa shape index (κ1) is 33.9. The number of nitrogens with zero attached hydrogens (tertiary/aromatic N) is 6. The lowest BCUT2D eigenvalue weighted by molar-refractivity contribution is -0.141. The lowest BCUT2D eigenvalue weighted by atomic mass is 9.90. The van der Waals surface area contributed by atoms with Crippen LogP contribution < -0.4 is 9.62 Å². The summed E-state index contributed by atoms with van der Waals surface area (Å²) in [5.74, 6) is -0.791. The van der Waals surface area contributed by atoms with Gasteiger partial charge in [-0.2, -0.15) is 5.10 Å². The van der Waals surface area contributed by atoms with E-state index in [9.17, 15) is 27.6 Å². The maximum Gasteiger partial charge on any atom is 0.272 e. The molecule has 2 aliphatic rings. The van der Waals surface area contributed by atoms with Crippen molar-refractivity contribution in [3.05, 3.63) is 46.8 Å². The molecule has 0 spiro atoms. The summed E-state index contributed by atoms with van der Waals surface area (Å²) in [6.07, 6.45) is 3.51. The van der Waals surface area contributed by atoms with Gasteiger partial charge in [0.2, 0.25) is 21.8 Å². The number of rotatable bonds is 5. The summed E-state index contributed by atoms with van der Waals surface area (Å²) in [6.45, 7) is 5.01. The summed E-state index contributed by atoms with van der Waals surface area (Å²) >= 11 is 0. The smallest absolute Gasteiger partial charge is 0.272 e. The molecule has 2 heterocycles. The first-order chi connectivity index (χ1) is 21.2. The minimum absolute atomic E-state index is 0.0336. The van der Waals surface area contributed by atoms with Crippen LogP contribution in [-0.4, -0.2) is 116 Å². The normalized spacial score (nSPS) is 19.0. The Balaban J connectivity index is 1.61. The number of amides is 4. The van der Waals surface area contributed by atoms with Crippen molar-refractivity contribution in [1.29, 1.82) is 0 Å². The van der Waals surface area contributed by atoms with E-state index in [4.69, 9.17) is 0 Å². The summed E-state index contributed by atoms with van der Waals surface area (Å²) in [4.78, 5) is 58.7. The van der Waals surface area contributed by atoms with Crippen LogP contribution >= 0.6 is 0 Å². The van der Waals surface area contributed by atoms with Gasteiger partial charge in [0, 0.05) is 76.6 Å². The summed E-state index contributed by atoms with van der Waals surface area (Å²) < 4.78 is 26.7. The maximum atomic E-state index is 13.6. The third-order valence-corrected chi connectivity index (χ3v) is 9.80. The number of aryl methyl sites for hydroxylation is 1. The molecule has 1 aliphatic carbocycles. The van der Waals surface area contributed by atoms with E-state index in [1.54, 1.807) is 50.7 Å². The Morgan fingerprint density at radius 3 is 2.40 bits per heavy atom. The first-order valence-electron chi connectivity index (χ1n) is 15.4. The van der Waals surface area contributed by atoms with Gasteiger partial charge in [-0.25, -0.2) is 8.42 Å². The van der Waals surface area contributed by atoms with Crippen LogP contribution in [-0.2, 0) is 39.5 Å². The molecule has 45 heavy (non-hydrogen) atoms. The van der Waals surface area contributed by atoms with E-state index in [2.05, 4.69) is 10.4 Å². The molecule has 13 nitrogen and oxygen atoms in total. The Kier molecular flexibility index (Phi) is 10.6. The Morgan fingerprint density at radius 1 is 1.07 bits per heavy atom. The second kappa shape index (κ2) is 14.0. The van der Waals surface area contributed by atoms with Crippen LogP contribution in [0, 0.1) is 5.92 Å². The van der Waals surface area contributed by atoms with E-state index in [0.29, 0.717) is 42.8 Å². The molecule has 0 radical (unpaired) electrons. The van der Waals surface area contributed by atoms with Gasteiger partial charge in [-0.05, 0) is 55.9 Å². The number of carbonyl (C=O) groups is 4. The number of carbonyl (C=O) groups excluding carboxylic acids is 4. The lowest BCUT2D eigenvalue weighted by Gasteiger charge is -2.34. The number of hydrogen-bond acceptors (Lipinski definition) is 7. The standard InChI is InChI=1S/C31H45N7O6S/c1-21(2)19-38-20-28(40)34(3)24-13-14-26-25(18-24)29(33-35(26)4)30(41)32-15-17-37(16-7-8-27(38)39)31(42)22-9-11-23(12-10-22)36(5)45(6,43)44/h9-12,21,24H,7-8,13-20H2,1-6H3,(H,32,41). The number of anilines is 1. The van der Waals surface area contributed by atoms with Crippen molar-refractivity contribution in [2.75, 3.05) is 57.4 Å². The van der Waals surface area contributed by atoms with Crippen molar-refractivity contribution in [2.45, 2.75) is 52.0 Å². The lowest BCUT2D eigenvalue weighted by Crippen LogP contribution is -2.47. The second-order valence-electron chi connectivity index (χ2n) is 12.4. The zero-order valence-electron chi connectivity index (χ0n) is 27.1. The molecule has 1 atom stereocenters. The molecule has 1 unspecified atom stereocenters. The zero-order valence-corrected chi connectivity index (χ0v) is 27.9. The van der Waals surface area contributed by atoms with Crippen LogP contribution in [0.3, 0.4) is 0 Å². The molecular formula is C31H45N7O6S. The van der Waals surface area contributed by atoms with Crippen molar-refractivity contribution < 1.29 is 27.6 Å². The Morgan fingerprint density at radius 2 is 1.76 bits per heavy atom. The predicted molar refractivity (Wildman–Crippen MR) is 170 cm³/mol. The Labute approximate surface area is 265 Å². The first-order valence-corrected chi connectivity index (χ1v) is 17.2. The van der Waals surface area contributed by atoms with Gasteiger partial charge >= 0.3 is 0 Å². The van der Waals surface area contributed by atoms with Crippen LogP contribution in [0.5, 0.6) is 0 Å². The summed E-state index contributed by atoms with van der Waals surface area (Å²) in [5.41, 5.74) is 2.87. The van der Waals surface area contributed by atoms with Gasteiger partial charge in [0.1, 0.15) is 0 Å². The Bertz CT molecular complexity index is 1540. The maximum absolute atomic E-state index is 13.6. The highest BCUT2D eigenvalue weighted by molar-refractivity contribution is 7.92. The largest absolute Gasteiger partial charge is 0.349 e. The molecule has 14 heteroatoms. The van der Waals surface area contributed by atoms with Crippen molar-refractivity contribution in [1.82, 2.24) is 29.8 Å². The van der Waals surface area contributed by atoms with E-state index in [-0.39, 0.29) is 68.2 Å². The van der Waals surface area contributed by atoms with Crippen molar-refractivity contribution >= 4 is 39.3 Å². The molecule has 2 aromatic rings. The third-order valence-electron chi connectivity index (χ3n) is 8.60. The van der Waals surface area contributed by atoms with Crippen LogP contribution in [0.15, 0.2) is 24.3 Å². The molecular weight excluding hydrogens is 598 g/mol. The minimum atomic E-state index is -3.46. The number of fused-ring (bicyclic) bond motifs is 1. The van der Waals surface area contributed by atoms with Gasteiger partial charge in [0.15, 0.2) is 5.69 Å². The molecule has 4 amide bonds. The molecule has 0 saturated heterocycles. The van der Waals surface area contributed by atoms with Gasteiger partial charge in [0.25, 0.3) is 11.8 Å². The van der Waals surface area contributed by atoms with Crippen molar-refractivity contribution in [3.63, 3.8) is 0 Å². The highest BCUT2D eigenvalue weighted by Gasteiger charge is 2.33. The van der Waals surface area contributed by atoms with E-state index >= 15 is 0 Å². The number of nitrogens with one attached hydrogen (secondary N) is 1. The fourth-order valence-corrected chi connectivity index (χ4v) is 6.43. The molecule has 4 rings (SSSR count). The van der Waals surface area contributed by atoms with E-state index in [0.717, 1.165) is 28.2 Å². The molecule has 2 bridgehead atoms. The quantitative estimate of drug-likeness (QED) is 0.517. The van der Waals surface area contributed by atoms with Crippen LogP contribution in [0.4, 0.5) is 5.69 Å². The number of benzene rings is 1. The topological polar surface area (TPSA) is 145 Å². The predicted octanol–water partition coefficient (Wildman–Crippen LogP) is 1.28. The molecule has 1 aromatic heterocycles. The van der Waals surface area contributed by atoms with Crippen molar-refractivity contribution in [2.24, 2.45) is 13.0 Å². The molecule has 1 aliphatic heterocycles. The van der Waals surface area contributed by atoms with E-state index in [1.165, 1.54) is 7.05 Å². The van der Waals surface area contributed by atoms with Crippen LogP contribution in [0.25, 0.3) is 0 Å². The van der Waals surface area contributed by atoms with E-state index < -0.39 is 10.0 Å². The van der Waals surface area contributed by atoms with Crippen LogP contribution in [0.2, 0.25) is 0 Å². The summed E-state index contributed by atoms with van der Waals surface area (Å²) in [7, 11) is 1.54. The number of sulfonamides is 1. The fraction of sp³-hybridized carbons (Fsp3) is 0.581. The number of aromatic nitrogens is 2. The summed E-state index contributed by atoms with van der Waals surface area (Å²) in [6, 6.07) is 6.14. The second-order valence-corrected chi connectivity index (χ2v) is 14.4. The molecule has 246 valence electrons. The fourth-order valence-electron chi connectivity index (χ4n) is 5.93. The highest BCUT2D eigenvalue weighted by Crippen LogP contribution is 2.27. The number of likely N-dealkylation sites (N-methyl/N-ethyl adjacent to an activating group) is 1. The third kappa shape index (κ3) is 8.02. The molecule has 0 fully saturated rings. The molecule has 1 aromatic carbocycles. The Hall–Kier alpha value is -3.94. The van der Waals surface area contributed by atoms with Gasteiger partial charge in [-0.1, -0.05) is 13.8 Å². The zero-order chi connectivity index (χ0) is 33.1. The molecule has 1 N–H and O–H groups in total. The van der Waals surface area contributed by atoms with Crippen LogP contribution in [0.1, 0.15) is 65.2 Å². The summed E-state index contributed by atoms with van der Waals surface area (Å²) in [5, 5.41) is 7.42. The average molecular weight is 644 g/mol. The highest BCUT2D eigenvalue weighted by atomic mass is 32.2.